The van der Waals surface area contributed by atoms with Crippen LogP contribution in [0.3, 0.4) is 0 Å². The molecule has 108 valence electrons. The van der Waals surface area contributed by atoms with Gasteiger partial charge >= 0.3 is 0 Å². The van der Waals surface area contributed by atoms with Gasteiger partial charge in [-0.3, -0.25) is 14.9 Å². The minimum atomic E-state index is -0.413. The van der Waals surface area contributed by atoms with Crippen molar-refractivity contribution in [1.82, 2.24) is 10.2 Å². The van der Waals surface area contributed by atoms with Crippen LogP contribution in [0.25, 0.3) is 12.3 Å². The van der Waals surface area contributed by atoms with Gasteiger partial charge < -0.3 is 14.6 Å². The first-order valence-corrected chi connectivity index (χ1v) is 6.53. The van der Waals surface area contributed by atoms with Crippen LogP contribution in [0.2, 0.25) is 0 Å². The minimum Gasteiger partial charge on any atom is -0.462 e. The van der Waals surface area contributed by atoms with Gasteiger partial charge in [0.2, 0.25) is 11.8 Å². The zero-order valence-corrected chi connectivity index (χ0v) is 11.9. The van der Waals surface area contributed by atoms with Gasteiger partial charge in [-0.1, -0.05) is 0 Å². The molecule has 1 aromatic heterocycles. The van der Waals surface area contributed by atoms with Crippen LogP contribution in [-0.2, 0) is 9.59 Å². The van der Waals surface area contributed by atoms with Crippen molar-refractivity contribution in [3.8, 4) is 0 Å². The van der Waals surface area contributed by atoms with E-state index in [2.05, 4.69) is 10.6 Å². The number of nitrogens with one attached hydrogen (secondary N) is 2. The molecule has 1 fully saturated rings. The summed E-state index contributed by atoms with van der Waals surface area (Å²) in [6.45, 7) is 1.89. The number of carbonyl (C=O) groups is 2. The molecule has 0 saturated carbocycles. The highest BCUT2D eigenvalue weighted by molar-refractivity contribution is 6.01. The third kappa shape index (κ3) is 3.01. The minimum absolute atomic E-state index is 0.220. The second-order valence-electron chi connectivity index (χ2n) is 4.96. The number of anilines is 1. The van der Waals surface area contributed by atoms with Gasteiger partial charge in [-0.25, -0.2) is 0 Å². The molecule has 1 aliphatic rings. The third-order valence-electron chi connectivity index (χ3n) is 3.08. The molecule has 1 unspecified atom stereocenters. The Balaban J connectivity index is 2.29. The molecule has 2 heterocycles. The lowest BCUT2D eigenvalue weighted by Crippen LogP contribution is -2.48. The highest BCUT2D eigenvalue weighted by Gasteiger charge is 2.26. The summed E-state index contributed by atoms with van der Waals surface area (Å²) in [6, 6.07) is -0.413. The molecule has 1 atom stereocenters. The maximum Gasteiger partial charge on any atom is 0.249 e. The molecule has 2 amide bonds. The maximum absolute atomic E-state index is 11.8. The molecule has 0 aromatic carbocycles. The Kier molecular flexibility index (Phi) is 4.12. The Morgan fingerprint density at radius 1 is 1.45 bits per heavy atom. The number of rotatable bonds is 3. The number of hydrogen-bond donors (Lipinski definition) is 2. The lowest BCUT2D eigenvalue weighted by atomic mass is 10.1. The van der Waals surface area contributed by atoms with Crippen molar-refractivity contribution in [3.05, 3.63) is 16.9 Å². The summed E-state index contributed by atoms with van der Waals surface area (Å²) in [6.07, 6.45) is 6.22. The highest BCUT2D eigenvalue weighted by Crippen LogP contribution is 2.10. The molecule has 1 aromatic rings. The predicted octanol–water partition coefficient (Wildman–Crippen LogP) is -0.403. The molecule has 2 N–H and O–H groups in total. The van der Waals surface area contributed by atoms with Crippen LogP contribution >= 0.6 is 0 Å². The molecule has 0 aliphatic carbocycles. The number of imide groups is 1. The molecule has 0 spiro atoms. The Morgan fingerprint density at radius 2 is 2.20 bits per heavy atom. The third-order valence-corrected chi connectivity index (χ3v) is 3.08. The van der Waals surface area contributed by atoms with Crippen molar-refractivity contribution >= 4 is 29.8 Å². The SMILES string of the molecule is C/C=c1/occ(NC2CCC(=O)NC2=O)/c1=C/N(C)C. The van der Waals surface area contributed by atoms with Gasteiger partial charge in [0.1, 0.15) is 17.7 Å². The highest BCUT2D eigenvalue weighted by atomic mass is 16.3. The molecule has 6 heteroatoms. The van der Waals surface area contributed by atoms with Gasteiger partial charge in [-0.15, -0.1) is 0 Å². The van der Waals surface area contributed by atoms with Crippen LogP contribution in [-0.4, -0.2) is 36.9 Å². The van der Waals surface area contributed by atoms with Gasteiger partial charge in [0.25, 0.3) is 0 Å². The van der Waals surface area contributed by atoms with E-state index in [1.165, 1.54) is 0 Å². The van der Waals surface area contributed by atoms with E-state index in [0.29, 0.717) is 12.8 Å². The summed E-state index contributed by atoms with van der Waals surface area (Å²) in [5, 5.41) is 6.37. The van der Waals surface area contributed by atoms with E-state index in [1.54, 1.807) is 6.26 Å². The van der Waals surface area contributed by atoms with Crippen molar-refractivity contribution in [2.24, 2.45) is 0 Å². The van der Waals surface area contributed by atoms with E-state index in [-0.39, 0.29) is 11.8 Å². The van der Waals surface area contributed by atoms with Crippen molar-refractivity contribution < 1.29 is 14.0 Å². The number of piperidine rings is 1. The second-order valence-corrected chi connectivity index (χ2v) is 4.96. The van der Waals surface area contributed by atoms with Crippen LogP contribution in [0, 0.1) is 0 Å². The monoisotopic (exact) mass is 277 g/mol. The average molecular weight is 277 g/mol. The standard InChI is InChI=1S/C14H19N3O3/c1-4-12-9(7-17(2)3)11(8-20-12)15-10-5-6-13(18)16-14(10)19/h4,7-8,10,15H,5-6H2,1-3H3,(H,16,18,19)/b9-7-,12-4+. The Hall–Kier alpha value is -2.24. The number of amides is 2. The van der Waals surface area contributed by atoms with E-state index in [1.807, 2.05) is 38.2 Å². The van der Waals surface area contributed by atoms with Crippen LogP contribution in [0.1, 0.15) is 19.8 Å². The van der Waals surface area contributed by atoms with E-state index in [4.69, 9.17) is 4.42 Å². The van der Waals surface area contributed by atoms with Gasteiger partial charge in [0.05, 0.1) is 10.9 Å². The maximum atomic E-state index is 11.8. The van der Waals surface area contributed by atoms with Gasteiger partial charge in [-0.05, 0) is 19.4 Å². The largest absolute Gasteiger partial charge is 0.462 e. The molecule has 1 aliphatic heterocycles. The fourth-order valence-electron chi connectivity index (χ4n) is 2.13. The normalized spacial score (nSPS) is 21.1. The molecule has 0 bridgehead atoms. The van der Waals surface area contributed by atoms with Crippen molar-refractivity contribution in [2.45, 2.75) is 25.8 Å². The molecule has 20 heavy (non-hydrogen) atoms. The first-order valence-electron chi connectivity index (χ1n) is 6.53. The van der Waals surface area contributed by atoms with E-state index < -0.39 is 6.04 Å². The Morgan fingerprint density at radius 3 is 2.80 bits per heavy atom. The first-order chi connectivity index (χ1) is 9.51. The Bertz CT molecular complexity index is 631. The summed E-state index contributed by atoms with van der Waals surface area (Å²) in [5.41, 5.74) is 1.50. The number of furan rings is 1. The van der Waals surface area contributed by atoms with E-state index in [0.717, 1.165) is 16.3 Å². The summed E-state index contributed by atoms with van der Waals surface area (Å²) in [4.78, 5) is 24.8. The quantitative estimate of drug-likeness (QED) is 0.735. The lowest BCUT2D eigenvalue weighted by Gasteiger charge is -2.22. The zero-order chi connectivity index (χ0) is 14.7. The fourth-order valence-corrected chi connectivity index (χ4v) is 2.13. The molecule has 1 saturated heterocycles. The van der Waals surface area contributed by atoms with Crippen molar-refractivity contribution in [3.63, 3.8) is 0 Å². The Labute approximate surface area is 117 Å². The topological polar surface area (TPSA) is 74.6 Å². The summed E-state index contributed by atoms with van der Waals surface area (Å²) < 4.78 is 5.47. The number of nitrogens with zero attached hydrogens (tertiary/aromatic N) is 1. The van der Waals surface area contributed by atoms with Crippen molar-refractivity contribution in [1.29, 1.82) is 0 Å². The number of hydrogen-bond acceptors (Lipinski definition) is 5. The summed E-state index contributed by atoms with van der Waals surface area (Å²) in [5.74, 6) is -0.511. The predicted molar refractivity (Wildman–Crippen MR) is 76.0 cm³/mol. The van der Waals surface area contributed by atoms with Crippen molar-refractivity contribution in [2.75, 3.05) is 19.4 Å². The van der Waals surface area contributed by atoms with Gasteiger partial charge in [0, 0.05) is 26.7 Å². The molecular weight excluding hydrogens is 258 g/mol. The van der Waals surface area contributed by atoms with Crippen LogP contribution in [0.5, 0.6) is 0 Å². The summed E-state index contributed by atoms with van der Waals surface area (Å²) >= 11 is 0. The lowest BCUT2D eigenvalue weighted by molar-refractivity contribution is -0.133. The van der Waals surface area contributed by atoms with Crippen LogP contribution < -0.4 is 21.3 Å². The average Bonchev–Trinajstić information content (AvgIpc) is 2.74. The van der Waals surface area contributed by atoms with Crippen LogP contribution in [0.4, 0.5) is 5.69 Å². The zero-order valence-electron chi connectivity index (χ0n) is 11.9. The fraction of sp³-hybridized carbons (Fsp3) is 0.429. The van der Waals surface area contributed by atoms with Gasteiger partial charge in [0.15, 0.2) is 0 Å². The molecule has 2 rings (SSSR count). The van der Waals surface area contributed by atoms with Crippen LogP contribution in [0.15, 0.2) is 10.7 Å². The number of carbonyl (C=O) groups excluding carboxylic acids is 2. The first kappa shape index (κ1) is 14.2. The molecule has 0 radical (unpaired) electrons. The smallest absolute Gasteiger partial charge is 0.249 e. The van der Waals surface area contributed by atoms with E-state index in [9.17, 15) is 9.59 Å². The second kappa shape index (κ2) is 5.81. The molecule has 6 nitrogen and oxygen atoms in total. The van der Waals surface area contributed by atoms with E-state index >= 15 is 0 Å². The molecular formula is C14H19N3O3. The summed E-state index contributed by atoms with van der Waals surface area (Å²) in [7, 11) is 3.84. The van der Waals surface area contributed by atoms with Gasteiger partial charge in [-0.2, -0.15) is 0 Å².